The Hall–Kier alpha value is -2.36. The number of hydrogen-bond donors (Lipinski definition) is 1. The predicted octanol–water partition coefficient (Wildman–Crippen LogP) is 4.57. The number of unbranched alkanes of at least 4 members (excludes halogenated alkanes) is 2. The van der Waals surface area contributed by atoms with Crippen LogP contribution in [0.5, 0.6) is 0 Å². The number of aromatic carboxylic acids is 1. The smallest absolute Gasteiger partial charge is 0.371 e. The molecule has 1 heterocycles. The van der Waals surface area contributed by atoms with Gasteiger partial charge in [0.05, 0.1) is 5.39 Å². The summed E-state index contributed by atoms with van der Waals surface area (Å²) in [5, 5.41) is 9.68. The second kappa shape index (κ2) is 7.04. The second-order valence-electron chi connectivity index (χ2n) is 6.34. The molecule has 0 unspecified atom stereocenters. The highest BCUT2D eigenvalue weighted by atomic mass is 16.4. The van der Waals surface area contributed by atoms with Crippen molar-refractivity contribution in [2.75, 3.05) is 0 Å². The fraction of sp³-hybridized carbons (Fsp3) is 0.400. The Balaban J connectivity index is 2.24. The van der Waals surface area contributed by atoms with Crippen LogP contribution in [0, 0.1) is 0 Å². The van der Waals surface area contributed by atoms with Crippen molar-refractivity contribution in [2.45, 2.75) is 51.9 Å². The standard InChI is InChI=1S/C20H22O4/c1-2-3-4-5-10-15-14-9-7-6-8-13(14)11-16-17(21)12-18(20(22)23)24-19(15)16/h5,10-12H,2-4,6-9H2,1H3,(H,22,23). The lowest BCUT2D eigenvalue weighted by Gasteiger charge is -2.19. The summed E-state index contributed by atoms with van der Waals surface area (Å²) in [6, 6.07) is 2.97. The molecule has 0 amide bonds. The molecule has 4 nitrogen and oxygen atoms in total. The van der Waals surface area contributed by atoms with Crippen LogP contribution in [0.3, 0.4) is 0 Å². The molecule has 0 bridgehead atoms. The van der Waals surface area contributed by atoms with Crippen molar-refractivity contribution in [3.8, 4) is 0 Å². The lowest BCUT2D eigenvalue weighted by molar-refractivity contribution is 0.0663. The van der Waals surface area contributed by atoms with Gasteiger partial charge in [0, 0.05) is 11.6 Å². The van der Waals surface area contributed by atoms with E-state index in [0.717, 1.165) is 56.6 Å². The minimum atomic E-state index is -1.22. The molecule has 2 aromatic rings. The number of carbonyl (C=O) groups is 1. The monoisotopic (exact) mass is 326 g/mol. The molecular weight excluding hydrogens is 304 g/mol. The largest absolute Gasteiger partial charge is 0.475 e. The van der Waals surface area contributed by atoms with Gasteiger partial charge in [0.25, 0.3) is 0 Å². The summed E-state index contributed by atoms with van der Waals surface area (Å²) >= 11 is 0. The number of fused-ring (bicyclic) bond motifs is 2. The van der Waals surface area contributed by atoms with Crippen LogP contribution >= 0.6 is 0 Å². The Labute approximate surface area is 140 Å². The Kier molecular flexibility index (Phi) is 4.84. The number of benzene rings is 1. The molecule has 1 aromatic carbocycles. The van der Waals surface area contributed by atoms with Gasteiger partial charge in [0.15, 0.2) is 5.43 Å². The fourth-order valence-corrected chi connectivity index (χ4v) is 3.35. The van der Waals surface area contributed by atoms with Crippen molar-refractivity contribution < 1.29 is 14.3 Å². The molecule has 0 aliphatic heterocycles. The first-order valence-electron chi connectivity index (χ1n) is 8.64. The van der Waals surface area contributed by atoms with Crippen LogP contribution in [0.4, 0.5) is 0 Å². The summed E-state index contributed by atoms with van der Waals surface area (Å²) in [6.07, 6.45) is 11.4. The maximum absolute atomic E-state index is 12.4. The van der Waals surface area contributed by atoms with Crippen molar-refractivity contribution in [3.63, 3.8) is 0 Å². The number of rotatable bonds is 5. The summed E-state index contributed by atoms with van der Waals surface area (Å²) < 4.78 is 5.61. The lowest BCUT2D eigenvalue weighted by Crippen LogP contribution is -2.11. The first kappa shape index (κ1) is 16.5. The molecule has 126 valence electrons. The SMILES string of the molecule is CCCCC=Cc1c2c(cc3c(=O)cc(C(=O)O)oc13)CCCC2. The van der Waals surface area contributed by atoms with E-state index in [1.807, 2.05) is 12.1 Å². The molecular formula is C20H22O4. The van der Waals surface area contributed by atoms with Crippen molar-refractivity contribution in [1.29, 1.82) is 0 Å². The molecule has 1 N–H and O–H groups in total. The average molecular weight is 326 g/mol. The fourth-order valence-electron chi connectivity index (χ4n) is 3.35. The Morgan fingerprint density at radius 3 is 2.83 bits per heavy atom. The minimum Gasteiger partial charge on any atom is -0.475 e. The Bertz CT molecular complexity index is 858. The molecule has 0 radical (unpaired) electrons. The third kappa shape index (κ3) is 3.14. The van der Waals surface area contributed by atoms with Crippen molar-refractivity contribution in [1.82, 2.24) is 0 Å². The number of hydrogen-bond acceptors (Lipinski definition) is 3. The van der Waals surface area contributed by atoms with Gasteiger partial charge in [-0.2, -0.15) is 0 Å². The highest BCUT2D eigenvalue weighted by molar-refractivity contribution is 5.92. The normalized spacial score (nSPS) is 14.2. The molecule has 4 heteroatoms. The highest BCUT2D eigenvalue weighted by Gasteiger charge is 2.20. The molecule has 1 aliphatic rings. The third-order valence-electron chi connectivity index (χ3n) is 4.60. The van der Waals surface area contributed by atoms with Crippen molar-refractivity contribution in [2.24, 2.45) is 0 Å². The van der Waals surface area contributed by atoms with Gasteiger partial charge in [-0.3, -0.25) is 4.79 Å². The van der Waals surface area contributed by atoms with E-state index in [1.165, 1.54) is 11.1 Å². The number of allylic oxidation sites excluding steroid dienone is 1. The van der Waals surface area contributed by atoms with Gasteiger partial charge in [0.2, 0.25) is 5.76 Å². The molecule has 0 fully saturated rings. The van der Waals surface area contributed by atoms with E-state index in [-0.39, 0.29) is 11.2 Å². The van der Waals surface area contributed by atoms with Gasteiger partial charge in [-0.1, -0.05) is 31.9 Å². The molecule has 0 atom stereocenters. The Morgan fingerprint density at radius 2 is 2.08 bits per heavy atom. The van der Waals surface area contributed by atoms with E-state index in [1.54, 1.807) is 0 Å². The summed E-state index contributed by atoms with van der Waals surface area (Å²) in [5.74, 6) is -1.51. The van der Waals surface area contributed by atoms with E-state index in [2.05, 4.69) is 13.0 Å². The predicted molar refractivity (Wildman–Crippen MR) is 94.6 cm³/mol. The van der Waals surface area contributed by atoms with E-state index in [9.17, 15) is 14.7 Å². The molecule has 0 saturated heterocycles. The van der Waals surface area contributed by atoms with Crippen LogP contribution in [-0.4, -0.2) is 11.1 Å². The first-order valence-corrected chi connectivity index (χ1v) is 8.64. The molecule has 24 heavy (non-hydrogen) atoms. The summed E-state index contributed by atoms with van der Waals surface area (Å²) in [6.45, 7) is 2.14. The zero-order valence-corrected chi connectivity index (χ0v) is 13.9. The van der Waals surface area contributed by atoms with E-state index < -0.39 is 5.97 Å². The third-order valence-corrected chi connectivity index (χ3v) is 4.60. The van der Waals surface area contributed by atoms with Gasteiger partial charge >= 0.3 is 5.97 Å². The average Bonchev–Trinajstić information content (AvgIpc) is 2.58. The lowest BCUT2D eigenvalue weighted by atomic mass is 9.86. The van der Waals surface area contributed by atoms with E-state index in [4.69, 9.17) is 4.42 Å². The molecule has 0 saturated carbocycles. The van der Waals surface area contributed by atoms with Crippen LogP contribution in [-0.2, 0) is 12.8 Å². The van der Waals surface area contributed by atoms with Crippen LogP contribution in [0.15, 0.2) is 27.4 Å². The molecule has 1 aromatic heterocycles. The van der Waals surface area contributed by atoms with Gasteiger partial charge < -0.3 is 9.52 Å². The Morgan fingerprint density at radius 1 is 1.29 bits per heavy atom. The minimum absolute atomic E-state index is 0.287. The van der Waals surface area contributed by atoms with Crippen molar-refractivity contribution >= 4 is 23.0 Å². The zero-order valence-electron chi connectivity index (χ0n) is 13.9. The molecule has 1 aliphatic carbocycles. The van der Waals surface area contributed by atoms with Crippen LogP contribution in [0.2, 0.25) is 0 Å². The summed E-state index contributed by atoms with van der Waals surface area (Å²) in [4.78, 5) is 23.6. The van der Waals surface area contributed by atoms with Gasteiger partial charge in [-0.15, -0.1) is 0 Å². The topological polar surface area (TPSA) is 67.5 Å². The second-order valence-corrected chi connectivity index (χ2v) is 6.34. The van der Waals surface area contributed by atoms with Crippen LogP contribution < -0.4 is 5.43 Å². The van der Waals surface area contributed by atoms with Gasteiger partial charge in [-0.25, -0.2) is 4.79 Å². The molecule has 0 spiro atoms. The number of aryl methyl sites for hydroxylation is 1. The quantitative estimate of drug-likeness (QED) is 0.817. The first-order chi connectivity index (χ1) is 11.6. The number of carboxylic acids is 1. The van der Waals surface area contributed by atoms with Crippen LogP contribution in [0.1, 0.15) is 66.3 Å². The maximum atomic E-state index is 12.4. The van der Waals surface area contributed by atoms with Gasteiger partial charge in [0.1, 0.15) is 5.58 Å². The van der Waals surface area contributed by atoms with E-state index >= 15 is 0 Å². The summed E-state index contributed by atoms with van der Waals surface area (Å²) in [5.41, 5.74) is 3.41. The van der Waals surface area contributed by atoms with E-state index in [0.29, 0.717) is 11.0 Å². The maximum Gasteiger partial charge on any atom is 0.371 e. The molecule has 3 rings (SSSR count). The zero-order chi connectivity index (χ0) is 17.1. The summed E-state index contributed by atoms with van der Waals surface area (Å²) in [7, 11) is 0. The number of carboxylic acid groups (broad SMARTS) is 1. The van der Waals surface area contributed by atoms with Crippen LogP contribution in [0.25, 0.3) is 17.0 Å². The van der Waals surface area contributed by atoms with Crippen molar-refractivity contribution in [3.05, 3.63) is 50.9 Å². The van der Waals surface area contributed by atoms with Gasteiger partial charge in [-0.05, 0) is 49.3 Å². The highest BCUT2D eigenvalue weighted by Crippen LogP contribution is 2.32.